The fraction of sp³-hybridized carbons (Fsp3) is 0.385. The molecule has 18 heavy (non-hydrogen) atoms. The van der Waals surface area contributed by atoms with Crippen molar-refractivity contribution < 1.29 is 13.9 Å². The number of aliphatic imine (C=N–C) groups is 1. The molecule has 1 aromatic rings. The largest absolute Gasteiger partial charge is 0.481 e. The molecule has 0 fully saturated rings. The van der Waals surface area contributed by atoms with Gasteiger partial charge in [-0.3, -0.25) is 9.79 Å². The number of nitrogens with one attached hydrogen (secondary N) is 1. The molecule has 4 nitrogen and oxygen atoms in total. The van der Waals surface area contributed by atoms with Crippen molar-refractivity contribution in [2.75, 3.05) is 11.9 Å². The normalized spacial score (nSPS) is 13.4. The lowest BCUT2D eigenvalue weighted by atomic mass is 10.2. The topological polar surface area (TPSA) is 50.7 Å². The Hall–Kier alpha value is -1.91. The van der Waals surface area contributed by atoms with Gasteiger partial charge in [-0.1, -0.05) is 13.8 Å². The van der Waals surface area contributed by atoms with Crippen LogP contribution < -0.4 is 10.1 Å². The van der Waals surface area contributed by atoms with Crippen molar-refractivity contribution in [3.63, 3.8) is 0 Å². The van der Waals surface area contributed by atoms with Gasteiger partial charge < -0.3 is 10.1 Å². The number of nitrogens with zero attached hydrogens (tertiary/aromatic N) is 1. The Labute approximate surface area is 105 Å². The Morgan fingerprint density at radius 3 is 2.83 bits per heavy atom. The number of anilines is 1. The maximum absolute atomic E-state index is 13.8. The molecule has 0 saturated carbocycles. The number of carbonyl (C=O) groups excluding carboxylic acids is 1. The van der Waals surface area contributed by atoms with Crippen LogP contribution in [0.1, 0.15) is 26.7 Å². The maximum atomic E-state index is 13.8. The zero-order valence-electron chi connectivity index (χ0n) is 10.4. The van der Waals surface area contributed by atoms with Crippen LogP contribution in [0.3, 0.4) is 0 Å². The van der Waals surface area contributed by atoms with Crippen LogP contribution in [0.5, 0.6) is 5.75 Å². The molecule has 0 unspecified atom stereocenters. The second-order valence-corrected chi connectivity index (χ2v) is 4.02. The molecular formula is C13H15FN2O2. The molecule has 0 spiro atoms. The highest BCUT2D eigenvalue weighted by atomic mass is 19.1. The number of carbonyl (C=O) groups is 1. The van der Waals surface area contributed by atoms with Gasteiger partial charge in [0.1, 0.15) is 11.4 Å². The van der Waals surface area contributed by atoms with E-state index in [1.165, 1.54) is 12.1 Å². The molecule has 1 aliphatic heterocycles. The van der Waals surface area contributed by atoms with E-state index in [0.29, 0.717) is 11.4 Å². The van der Waals surface area contributed by atoms with Crippen LogP contribution in [0.2, 0.25) is 0 Å². The molecular weight excluding hydrogens is 235 g/mol. The van der Waals surface area contributed by atoms with Gasteiger partial charge in [-0.05, 0) is 18.9 Å². The summed E-state index contributed by atoms with van der Waals surface area (Å²) in [5.41, 5.74) is 1.62. The van der Waals surface area contributed by atoms with Gasteiger partial charge in [0.25, 0.3) is 5.91 Å². The van der Waals surface area contributed by atoms with Crippen LogP contribution in [0.4, 0.5) is 15.8 Å². The monoisotopic (exact) mass is 250 g/mol. The second-order valence-electron chi connectivity index (χ2n) is 4.02. The standard InChI is InChI=1S/C13H15FN2O2/c1-3-8(4-2)15-10-6-11-12(5-9(10)14)18-7-13(17)16-11/h5-6H,3-4,7H2,1-2H3,(H,16,17). The van der Waals surface area contributed by atoms with Gasteiger partial charge in [0.05, 0.1) is 5.69 Å². The summed E-state index contributed by atoms with van der Waals surface area (Å²) >= 11 is 0. The first kappa shape index (κ1) is 12.5. The van der Waals surface area contributed by atoms with E-state index >= 15 is 0 Å². The first-order chi connectivity index (χ1) is 8.63. The fourth-order valence-corrected chi connectivity index (χ4v) is 1.75. The predicted octanol–water partition coefficient (Wildman–Crippen LogP) is 3.05. The lowest BCUT2D eigenvalue weighted by Crippen LogP contribution is -2.25. The van der Waals surface area contributed by atoms with Gasteiger partial charge in [0, 0.05) is 11.8 Å². The molecule has 0 radical (unpaired) electrons. The van der Waals surface area contributed by atoms with E-state index in [4.69, 9.17) is 4.74 Å². The van der Waals surface area contributed by atoms with Crippen LogP contribution in [0, 0.1) is 5.82 Å². The predicted molar refractivity (Wildman–Crippen MR) is 68.2 cm³/mol. The summed E-state index contributed by atoms with van der Waals surface area (Å²) in [6, 6.07) is 2.77. The van der Waals surface area contributed by atoms with E-state index in [1.54, 1.807) is 0 Å². The number of ether oxygens (including phenoxy) is 1. The van der Waals surface area contributed by atoms with Crippen molar-refractivity contribution in [2.24, 2.45) is 4.99 Å². The van der Waals surface area contributed by atoms with Gasteiger partial charge in [-0.15, -0.1) is 0 Å². The summed E-state index contributed by atoms with van der Waals surface area (Å²) in [7, 11) is 0. The van der Waals surface area contributed by atoms with Gasteiger partial charge in [-0.25, -0.2) is 4.39 Å². The van der Waals surface area contributed by atoms with Crippen molar-refractivity contribution in [2.45, 2.75) is 26.7 Å². The second kappa shape index (κ2) is 5.16. The summed E-state index contributed by atoms with van der Waals surface area (Å²) in [5.74, 6) is -0.333. The number of rotatable bonds is 3. The third-order valence-electron chi connectivity index (χ3n) is 2.78. The SMILES string of the molecule is CCC(CC)=Nc1cc2c(cc1F)OCC(=O)N2. The molecule has 0 saturated heterocycles. The van der Waals surface area contributed by atoms with Crippen molar-refractivity contribution >= 4 is 23.0 Å². The molecule has 1 N–H and O–H groups in total. The van der Waals surface area contributed by atoms with Crippen LogP contribution in [0.15, 0.2) is 17.1 Å². The lowest BCUT2D eigenvalue weighted by Gasteiger charge is -2.18. The third kappa shape index (κ3) is 2.50. The van der Waals surface area contributed by atoms with E-state index < -0.39 is 5.82 Å². The number of amides is 1. The smallest absolute Gasteiger partial charge is 0.262 e. The van der Waals surface area contributed by atoms with E-state index in [2.05, 4.69) is 10.3 Å². The minimum atomic E-state index is -0.440. The zero-order valence-corrected chi connectivity index (χ0v) is 10.4. The van der Waals surface area contributed by atoms with Crippen molar-refractivity contribution in [3.8, 4) is 5.75 Å². The molecule has 1 aromatic carbocycles. The Kier molecular flexibility index (Phi) is 3.60. The van der Waals surface area contributed by atoms with E-state index in [0.717, 1.165) is 18.6 Å². The van der Waals surface area contributed by atoms with Crippen LogP contribution >= 0.6 is 0 Å². The zero-order chi connectivity index (χ0) is 13.1. The number of fused-ring (bicyclic) bond motifs is 1. The summed E-state index contributed by atoms with van der Waals surface area (Å²) < 4.78 is 18.9. The summed E-state index contributed by atoms with van der Waals surface area (Å²) in [5, 5.41) is 2.64. The summed E-state index contributed by atoms with van der Waals surface area (Å²) in [4.78, 5) is 15.5. The van der Waals surface area contributed by atoms with Crippen LogP contribution in [-0.4, -0.2) is 18.2 Å². The minimum Gasteiger partial charge on any atom is -0.481 e. The lowest BCUT2D eigenvalue weighted by molar-refractivity contribution is -0.118. The minimum absolute atomic E-state index is 0.0791. The van der Waals surface area contributed by atoms with Gasteiger partial charge in [-0.2, -0.15) is 0 Å². The van der Waals surface area contributed by atoms with Crippen LogP contribution in [-0.2, 0) is 4.79 Å². The molecule has 0 bridgehead atoms. The van der Waals surface area contributed by atoms with Gasteiger partial charge in [0.2, 0.25) is 0 Å². The van der Waals surface area contributed by atoms with Crippen molar-refractivity contribution in [1.82, 2.24) is 0 Å². The number of hydrogen-bond acceptors (Lipinski definition) is 3. The third-order valence-corrected chi connectivity index (χ3v) is 2.78. The molecule has 2 rings (SSSR count). The Bertz CT molecular complexity index is 506. The Balaban J connectivity index is 2.41. The highest BCUT2D eigenvalue weighted by Gasteiger charge is 2.18. The molecule has 5 heteroatoms. The number of benzene rings is 1. The highest BCUT2D eigenvalue weighted by Crippen LogP contribution is 2.34. The molecule has 96 valence electrons. The highest BCUT2D eigenvalue weighted by molar-refractivity contribution is 5.96. The quantitative estimate of drug-likeness (QED) is 0.838. The van der Waals surface area contributed by atoms with Gasteiger partial charge >= 0.3 is 0 Å². The van der Waals surface area contributed by atoms with Crippen molar-refractivity contribution in [1.29, 1.82) is 0 Å². The van der Waals surface area contributed by atoms with Gasteiger partial charge in [0.15, 0.2) is 12.4 Å². The molecule has 0 aliphatic carbocycles. The number of halogens is 1. The Morgan fingerprint density at radius 2 is 2.17 bits per heavy atom. The number of hydrogen-bond donors (Lipinski definition) is 1. The molecule has 1 heterocycles. The molecule has 1 aliphatic rings. The maximum Gasteiger partial charge on any atom is 0.262 e. The summed E-state index contributed by atoms with van der Waals surface area (Å²) in [6.45, 7) is 3.87. The fourth-order valence-electron chi connectivity index (χ4n) is 1.75. The van der Waals surface area contributed by atoms with Crippen LogP contribution in [0.25, 0.3) is 0 Å². The first-order valence-corrected chi connectivity index (χ1v) is 5.96. The molecule has 1 amide bonds. The molecule has 0 atom stereocenters. The van der Waals surface area contributed by atoms with E-state index in [9.17, 15) is 9.18 Å². The first-order valence-electron chi connectivity index (χ1n) is 5.96. The summed E-state index contributed by atoms with van der Waals surface area (Å²) in [6.07, 6.45) is 1.55. The van der Waals surface area contributed by atoms with Crippen molar-refractivity contribution in [3.05, 3.63) is 17.9 Å². The average molecular weight is 250 g/mol. The Morgan fingerprint density at radius 1 is 1.44 bits per heavy atom. The van der Waals surface area contributed by atoms with E-state index in [1.807, 2.05) is 13.8 Å². The molecule has 0 aromatic heterocycles. The van der Waals surface area contributed by atoms with E-state index in [-0.39, 0.29) is 18.2 Å². The average Bonchev–Trinajstić information content (AvgIpc) is 2.36.